The summed E-state index contributed by atoms with van der Waals surface area (Å²) in [7, 11) is 0. The van der Waals surface area contributed by atoms with E-state index in [0.717, 1.165) is 4.90 Å². The van der Waals surface area contributed by atoms with Crippen LogP contribution in [0.25, 0.3) is 0 Å². The predicted molar refractivity (Wildman–Crippen MR) is 75.6 cm³/mol. The Hall–Kier alpha value is -2.05. The number of halogens is 1. The Morgan fingerprint density at radius 1 is 1.25 bits per heavy atom. The van der Waals surface area contributed by atoms with Crippen molar-refractivity contribution in [3.05, 3.63) is 63.2 Å². The fourth-order valence-corrected chi connectivity index (χ4v) is 2.69. The molecule has 1 N–H and O–H groups in total. The highest BCUT2D eigenvalue weighted by Crippen LogP contribution is 2.35. The van der Waals surface area contributed by atoms with Crippen LogP contribution in [0, 0.1) is 10.1 Å². The maximum Gasteiger partial charge on any atom is 0.342 e. The standard InChI is InChI=1S/C13H8ClNO4S/c14-10-3-1-2-4-12(10)20-8-5-6-11(15(18)19)9(7-8)13(16)17/h1-7H,(H,16,17). The molecule has 0 spiro atoms. The van der Waals surface area contributed by atoms with Gasteiger partial charge in [0.15, 0.2) is 0 Å². The average molecular weight is 310 g/mol. The van der Waals surface area contributed by atoms with Gasteiger partial charge in [0.05, 0.1) is 9.95 Å². The molecule has 0 bridgehead atoms. The fraction of sp³-hybridized carbons (Fsp3) is 0. The Morgan fingerprint density at radius 3 is 2.55 bits per heavy atom. The van der Waals surface area contributed by atoms with Crippen LogP contribution in [0.1, 0.15) is 10.4 Å². The van der Waals surface area contributed by atoms with Gasteiger partial charge in [-0.05, 0) is 24.3 Å². The fourth-order valence-electron chi connectivity index (χ4n) is 1.56. The van der Waals surface area contributed by atoms with E-state index in [0.29, 0.717) is 9.92 Å². The van der Waals surface area contributed by atoms with E-state index in [4.69, 9.17) is 16.7 Å². The molecule has 2 aromatic rings. The lowest BCUT2D eigenvalue weighted by atomic mass is 10.2. The summed E-state index contributed by atoms with van der Waals surface area (Å²) in [5.74, 6) is -1.33. The minimum absolute atomic E-state index is 0.341. The summed E-state index contributed by atoms with van der Waals surface area (Å²) in [5.41, 5.74) is -0.770. The van der Waals surface area contributed by atoms with Crippen LogP contribution in [0.2, 0.25) is 5.02 Å². The molecule has 0 heterocycles. The van der Waals surface area contributed by atoms with Gasteiger partial charge in [0.25, 0.3) is 5.69 Å². The molecule has 2 rings (SSSR count). The van der Waals surface area contributed by atoms with Crippen molar-refractivity contribution in [3.8, 4) is 0 Å². The van der Waals surface area contributed by atoms with Crippen LogP contribution in [0.5, 0.6) is 0 Å². The quantitative estimate of drug-likeness (QED) is 0.679. The predicted octanol–water partition coefficient (Wildman–Crippen LogP) is 4.10. The van der Waals surface area contributed by atoms with Crippen molar-refractivity contribution in [2.24, 2.45) is 0 Å². The molecule has 0 fully saturated rings. The van der Waals surface area contributed by atoms with E-state index in [1.165, 1.54) is 30.0 Å². The van der Waals surface area contributed by atoms with Gasteiger partial charge < -0.3 is 5.11 Å². The van der Waals surface area contributed by atoms with E-state index in [-0.39, 0.29) is 5.56 Å². The molecule has 0 aliphatic carbocycles. The van der Waals surface area contributed by atoms with Gasteiger partial charge in [0.1, 0.15) is 5.56 Å². The molecule has 0 radical (unpaired) electrons. The third kappa shape index (κ3) is 3.09. The summed E-state index contributed by atoms with van der Waals surface area (Å²) in [6.45, 7) is 0. The molecule has 0 aliphatic rings. The molecule has 0 atom stereocenters. The zero-order valence-electron chi connectivity index (χ0n) is 9.95. The number of hydrogen-bond acceptors (Lipinski definition) is 4. The van der Waals surface area contributed by atoms with E-state index in [1.807, 2.05) is 0 Å². The number of carboxylic acid groups (broad SMARTS) is 1. The maximum atomic E-state index is 11.1. The molecule has 0 unspecified atom stereocenters. The summed E-state index contributed by atoms with van der Waals surface area (Å²) < 4.78 is 0. The van der Waals surface area contributed by atoms with Crippen molar-refractivity contribution < 1.29 is 14.8 Å². The third-order valence-corrected chi connectivity index (χ3v) is 3.97. The second kappa shape index (κ2) is 5.94. The lowest BCUT2D eigenvalue weighted by Gasteiger charge is -2.05. The number of aromatic carboxylic acids is 1. The van der Waals surface area contributed by atoms with Gasteiger partial charge in [-0.2, -0.15) is 0 Å². The molecule has 7 heteroatoms. The van der Waals surface area contributed by atoms with Crippen LogP contribution in [0.4, 0.5) is 5.69 Å². The first-order chi connectivity index (χ1) is 9.49. The Labute approximate surface area is 123 Å². The molecule has 102 valence electrons. The van der Waals surface area contributed by atoms with E-state index in [2.05, 4.69) is 0 Å². The molecule has 0 aromatic heterocycles. The van der Waals surface area contributed by atoms with E-state index >= 15 is 0 Å². The minimum atomic E-state index is -1.33. The first-order valence-electron chi connectivity index (χ1n) is 5.43. The van der Waals surface area contributed by atoms with Gasteiger partial charge in [-0.15, -0.1) is 0 Å². The number of rotatable bonds is 4. The van der Waals surface area contributed by atoms with E-state index in [9.17, 15) is 14.9 Å². The van der Waals surface area contributed by atoms with Crippen LogP contribution < -0.4 is 0 Å². The number of nitro groups is 1. The number of carboxylic acids is 1. The van der Waals surface area contributed by atoms with Gasteiger partial charge in [0.2, 0.25) is 0 Å². The zero-order valence-corrected chi connectivity index (χ0v) is 11.5. The van der Waals surface area contributed by atoms with Gasteiger partial charge in [-0.25, -0.2) is 4.79 Å². The number of benzene rings is 2. The van der Waals surface area contributed by atoms with Crippen LogP contribution in [-0.4, -0.2) is 16.0 Å². The van der Waals surface area contributed by atoms with Crippen molar-refractivity contribution in [1.29, 1.82) is 0 Å². The van der Waals surface area contributed by atoms with Crippen LogP contribution >= 0.6 is 23.4 Å². The van der Waals surface area contributed by atoms with Crippen LogP contribution in [0.3, 0.4) is 0 Å². The smallest absolute Gasteiger partial charge is 0.342 e. The maximum absolute atomic E-state index is 11.1. The summed E-state index contributed by atoms with van der Waals surface area (Å²) in [6.07, 6.45) is 0. The zero-order chi connectivity index (χ0) is 14.7. The summed E-state index contributed by atoms with van der Waals surface area (Å²) in [5, 5.41) is 20.3. The van der Waals surface area contributed by atoms with Crippen LogP contribution in [0.15, 0.2) is 52.3 Å². The van der Waals surface area contributed by atoms with Gasteiger partial charge in [-0.1, -0.05) is 35.5 Å². The summed E-state index contributed by atoms with van der Waals surface area (Å²) in [6, 6.07) is 11.0. The highest BCUT2D eigenvalue weighted by atomic mass is 35.5. The Kier molecular flexibility index (Phi) is 4.26. The summed E-state index contributed by atoms with van der Waals surface area (Å²) in [4.78, 5) is 22.4. The summed E-state index contributed by atoms with van der Waals surface area (Å²) >= 11 is 7.26. The Bertz CT molecular complexity index is 690. The lowest BCUT2D eigenvalue weighted by Crippen LogP contribution is -2.02. The Balaban J connectivity index is 2.40. The molecule has 0 saturated heterocycles. The molecule has 2 aromatic carbocycles. The van der Waals surface area contributed by atoms with Crippen molar-refractivity contribution in [1.82, 2.24) is 0 Å². The Morgan fingerprint density at radius 2 is 1.95 bits per heavy atom. The molecule has 20 heavy (non-hydrogen) atoms. The average Bonchev–Trinajstić information content (AvgIpc) is 2.41. The first kappa shape index (κ1) is 14.4. The molecule has 0 saturated carbocycles. The number of nitrogens with zero attached hydrogens (tertiary/aromatic N) is 1. The monoisotopic (exact) mass is 309 g/mol. The van der Waals surface area contributed by atoms with E-state index in [1.54, 1.807) is 24.3 Å². The minimum Gasteiger partial charge on any atom is -0.477 e. The topological polar surface area (TPSA) is 80.4 Å². The van der Waals surface area contributed by atoms with Crippen LogP contribution in [-0.2, 0) is 0 Å². The van der Waals surface area contributed by atoms with Gasteiger partial charge in [-0.3, -0.25) is 10.1 Å². The second-order valence-electron chi connectivity index (χ2n) is 3.77. The van der Waals surface area contributed by atoms with Crippen molar-refractivity contribution >= 4 is 35.0 Å². The lowest BCUT2D eigenvalue weighted by molar-refractivity contribution is -0.385. The van der Waals surface area contributed by atoms with E-state index < -0.39 is 16.6 Å². The largest absolute Gasteiger partial charge is 0.477 e. The number of nitro benzene ring substituents is 1. The van der Waals surface area contributed by atoms with Crippen molar-refractivity contribution in [2.45, 2.75) is 9.79 Å². The van der Waals surface area contributed by atoms with Crippen molar-refractivity contribution in [2.75, 3.05) is 0 Å². The number of carbonyl (C=O) groups is 1. The molecular formula is C13H8ClNO4S. The van der Waals surface area contributed by atoms with Crippen molar-refractivity contribution in [3.63, 3.8) is 0 Å². The third-order valence-electron chi connectivity index (χ3n) is 2.46. The molecule has 0 amide bonds. The molecular weight excluding hydrogens is 302 g/mol. The second-order valence-corrected chi connectivity index (χ2v) is 5.30. The molecule has 5 nitrogen and oxygen atoms in total. The van der Waals surface area contributed by atoms with Gasteiger partial charge >= 0.3 is 5.97 Å². The normalized spacial score (nSPS) is 10.2. The SMILES string of the molecule is O=C(O)c1cc(Sc2ccccc2Cl)ccc1[N+](=O)[O-]. The molecule has 0 aliphatic heterocycles. The highest BCUT2D eigenvalue weighted by molar-refractivity contribution is 7.99. The number of hydrogen-bond donors (Lipinski definition) is 1. The van der Waals surface area contributed by atoms with Gasteiger partial charge in [0, 0.05) is 15.9 Å². The first-order valence-corrected chi connectivity index (χ1v) is 6.62. The highest BCUT2D eigenvalue weighted by Gasteiger charge is 2.20.